The van der Waals surface area contributed by atoms with E-state index >= 15 is 0 Å². The molecule has 1 aliphatic carbocycles. The van der Waals surface area contributed by atoms with Crippen molar-refractivity contribution in [3.63, 3.8) is 0 Å². The highest BCUT2D eigenvalue weighted by Gasteiger charge is 2.62. The first kappa shape index (κ1) is 12.7. The van der Waals surface area contributed by atoms with Crippen LogP contribution in [0.4, 0.5) is 0 Å². The maximum atomic E-state index is 12.1. The van der Waals surface area contributed by atoms with Gasteiger partial charge in [-0.05, 0) is 23.1 Å². The van der Waals surface area contributed by atoms with Crippen molar-refractivity contribution in [3.8, 4) is 0 Å². The van der Waals surface area contributed by atoms with E-state index in [1.54, 1.807) is 6.26 Å². The summed E-state index contributed by atoms with van der Waals surface area (Å²) in [6.07, 6.45) is 1.66. The molecule has 20 heavy (non-hydrogen) atoms. The monoisotopic (exact) mass is 271 g/mol. The summed E-state index contributed by atoms with van der Waals surface area (Å²) in [6.45, 7) is 4.11. The van der Waals surface area contributed by atoms with Crippen LogP contribution in [0.2, 0.25) is 0 Å². The largest absolute Gasteiger partial charge is 0.464 e. The van der Waals surface area contributed by atoms with Gasteiger partial charge in [-0.1, -0.05) is 26.0 Å². The minimum Gasteiger partial charge on any atom is -0.464 e. The van der Waals surface area contributed by atoms with Gasteiger partial charge >= 0.3 is 0 Å². The van der Waals surface area contributed by atoms with Crippen LogP contribution in [0.25, 0.3) is 11.0 Å². The topological polar surface area (TPSA) is 94.6 Å². The Morgan fingerprint density at radius 2 is 2.05 bits per heavy atom. The predicted molar refractivity (Wildman–Crippen MR) is 77.0 cm³/mol. The van der Waals surface area contributed by atoms with Gasteiger partial charge in [0.25, 0.3) is 5.91 Å². The van der Waals surface area contributed by atoms with Crippen molar-refractivity contribution in [2.75, 3.05) is 0 Å². The summed E-state index contributed by atoms with van der Waals surface area (Å²) in [5.74, 6) is -0.511. The molecule has 1 aromatic heterocycles. The lowest BCUT2D eigenvalue weighted by atomic mass is 10.0. The van der Waals surface area contributed by atoms with Gasteiger partial charge in [0.05, 0.1) is 12.2 Å². The molecule has 1 amide bonds. The molecule has 5 nitrogen and oxygen atoms in total. The highest BCUT2D eigenvalue weighted by atomic mass is 16.3. The Labute approximate surface area is 116 Å². The summed E-state index contributed by atoms with van der Waals surface area (Å²) in [6, 6.07) is 7.83. The molecule has 1 heterocycles. The molecule has 2 aromatic rings. The van der Waals surface area contributed by atoms with E-state index in [4.69, 9.17) is 15.9 Å². The van der Waals surface area contributed by atoms with E-state index in [9.17, 15) is 4.79 Å². The summed E-state index contributed by atoms with van der Waals surface area (Å²) >= 11 is 0. The Balaban J connectivity index is 2.01. The number of hydrogen-bond donors (Lipinski definition) is 2. The Kier molecular flexibility index (Phi) is 2.61. The zero-order valence-electron chi connectivity index (χ0n) is 11.5. The molecule has 5 heteroatoms. The standard InChI is InChI=1S/C15H17N3O2/c1-15(2)11(12(15)13(19)18-14(16)17)9-4-3-5-10-8(9)6-7-20-10/h3-7,11-12H,1-2H3,(H4,16,17,18,19). The fourth-order valence-corrected chi connectivity index (χ4v) is 3.16. The second kappa shape index (κ2) is 4.10. The molecule has 0 bridgehead atoms. The third-order valence-corrected chi connectivity index (χ3v) is 4.20. The lowest BCUT2D eigenvalue weighted by molar-refractivity contribution is -0.119. The molecular formula is C15H17N3O2. The maximum Gasteiger partial charge on any atom is 0.253 e. The van der Waals surface area contributed by atoms with E-state index in [0.717, 1.165) is 16.5 Å². The first-order valence-corrected chi connectivity index (χ1v) is 6.52. The van der Waals surface area contributed by atoms with Gasteiger partial charge < -0.3 is 15.9 Å². The molecule has 4 N–H and O–H groups in total. The summed E-state index contributed by atoms with van der Waals surface area (Å²) in [5.41, 5.74) is 12.4. The van der Waals surface area contributed by atoms with E-state index in [0.29, 0.717) is 0 Å². The number of benzene rings is 1. The van der Waals surface area contributed by atoms with E-state index < -0.39 is 0 Å². The quantitative estimate of drug-likeness (QED) is 0.645. The van der Waals surface area contributed by atoms with Crippen LogP contribution in [-0.2, 0) is 4.79 Å². The molecule has 2 atom stereocenters. The SMILES string of the molecule is CC1(C)C(C(=O)N=C(N)N)C1c1cccc2occc12. The molecule has 1 saturated carbocycles. The van der Waals surface area contributed by atoms with Gasteiger partial charge in [-0.15, -0.1) is 0 Å². The van der Waals surface area contributed by atoms with Crippen LogP contribution in [0.1, 0.15) is 25.3 Å². The van der Waals surface area contributed by atoms with Crippen LogP contribution >= 0.6 is 0 Å². The number of rotatable bonds is 2. The molecule has 1 aromatic carbocycles. The lowest BCUT2D eigenvalue weighted by Crippen LogP contribution is -2.25. The number of amides is 1. The summed E-state index contributed by atoms with van der Waals surface area (Å²) in [4.78, 5) is 15.8. The Morgan fingerprint density at radius 1 is 1.30 bits per heavy atom. The van der Waals surface area contributed by atoms with Crippen LogP contribution in [0.15, 0.2) is 39.9 Å². The second-order valence-electron chi connectivity index (χ2n) is 5.83. The molecule has 3 rings (SSSR count). The van der Waals surface area contributed by atoms with Crippen molar-refractivity contribution in [1.29, 1.82) is 0 Å². The average molecular weight is 271 g/mol. The maximum absolute atomic E-state index is 12.1. The van der Waals surface area contributed by atoms with Crippen molar-refractivity contribution in [2.24, 2.45) is 27.8 Å². The van der Waals surface area contributed by atoms with Crippen molar-refractivity contribution in [3.05, 3.63) is 36.1 Å². The van der Waals surface area contributed by atoms with Gasteiger partial charge in [-0.25, -0.2) is 0 Å². The average Bonchev–Trinajstić information content (AvgIpc) is 2.73. The fourth-order valence-electron chi connectivity index (χ4n) is 3.16. The van der Waals surface area contributed by atoms with Crippen LogP contribution in [0, 0.1) is 11.3 Å². The van der Waals surface area contributed by atoms with Crippen LogP contribution in [-0.4, -0.2) is 11.9 Å². The Hall–Kier alpha value is -2.30. The number of nitrogens with zero attached hydrogens (tertiary/aromatic N) is 1. The molecular weight excluding hydrogens is 254 g/mol. The number of carbonyl (C=O) groups excluding carboxylic acids is 1. The van der Waals surface area contributed by atoms with Crippen LogP contribution in [0.3, 0.4) is 0 Å². The minimum atomic E-state index is -0.250. The number of hydrogen-bond acceptors (Lipinski definition) is 2. The zero-order valence-corrected chi connectivity index (χ0v) is 11.5. The fraction of sp³-hybridized carbons (Fsp3) is 0.333. The molecule has 0 aliphatic heterocycles. The van der Waals surface area contributed by atoms with Gasteiger partial charge in [-0.3, -0.25) is 4.79 Å². The molecule has 1 aliphatic rings. The number of aliphatic imine (C=N–C) groups is 1. The van der Waals surface area contributed by atoms with Crippen molar-refractivity contribution < 1.29 is 9.21 Å². The Morgan fingerprint density at radius 3 is 2.75 bits per heavy atom. The number of guanidine groups is 1. The number of furan rings is 1. The molecule has 0 radical (unpaired) electrons. The predicted octanol–water partition coefficient (Wildman–Crippen LogP) is 1.97. The molecule has 0 saturated heterocycles. The summed E-state index contributed by atoms with van der Waals surface area (Å²) < 4.78 is 5.41. The van der Waals surface area contributed by atoms with Crippen LogP contribution in [0.5, 0.6) is 0 Å². The van der Waals surface area contributed by atoms with Gasteiger partial charge in [0.1, 0.15) is 5.58 Å². The van der Waals surface area contributed by atoms with E-state index in [1.165, 1.54) is 0 Å². The second-order valence-corrected chi connectivity index (χ2v) is 5.83. The van der Waals surface area contributed by atoms with Gasteiger partial charge in [0, 0.05) is 11.3 Å². The highest BCUT2D eigenvalue weighted by molar-refractivity contribution is 5.96. The zero-order chi connectivity index (χ0) is 14.5. The Bertz CT molecular complexity index is 711. The van der Waals surface area contributed by atoms with Crippen molar-refractivity contribution in [1.82, 2.24) is 0 Å². The lowest BCUT2D eigenvalue weighted by Gasteiger charge is -2.03. The third-order valence-electron chi connectivity index (χ3n) is 4.20. The first-order valence-electron chi connectivity index (χ1n) is 6.52. The molecule has 0 spiro atoms. The third kappa shape index (κ3) is 1.78. The number of fused-ring (bicyclic) bond motifs is 1. The van der Waals surface area contributed by atoms with Gasteiger partial charge in [0.15, 0.2) is 5.96 Å². The summed E-state index contributed by atoms with van der Waals surface area (Å²) in [5, 5.41) is 1.05. The van der Waals surface area contributed by atoms with Crippen molar-refractivity contribution in [2.45, 2.75) is 19.8 Å². The first-order chi connectivity index (χ1) is 9.43. The van der Waals surface area contributed by atoms with E-state index in [-0.39, 0.29) is 29.1 Å². The van der Waals surface area contributed by atoms with Gasteiger partial charge in [0.2, 0.25) is 0 Å². The van der Waals surface area contributed by atoms with Crippen molar-refractivity contribution >= 4 is 22.8 Å². The smallest absolute Gasteiger partial charge is 0.253 e. The number of carbonyl (C=O) groups is 1. The highest BCUT2D eigenvalue weighted by Crippen LogP contribution is 2.65. The van der Waals surface area contributed by atoms with Gasteiger partial charge in [-0.2, -0.15) is 4.99 Å². The summed E-state index contributed by atoms with van der Waals surface area (Å²) in [7, 11) is 0. The molecule has 2 unspecified atom stereocenters. The number of nitrogens with two attached hydrogens (primary N) is 2. The van der Waals surface area contributed by atoms with Crippen LogP contribution < -0.4 is 11.5 Å². The minimum absolute atomic E-state index is 0.111. The van der Waals surface area contributed by atoms with E-state index in [2.05, 4.69) is 18.8 Å². The molecule has 104 valence electrons. The van der Waals surface area contributed by atoms with E-state index in [1.807, 2.05) is 24.3 Å². The normalized spacial score (nSPS) is 23.5. The molecule has 1 fully saturated rings.